The van der Waals surface area contributed by atoms with Gasteiger partial charge in [-0.25, -0.2) is 9.78 Å². The number of nitrogens with one attached hydrogen (secondary N) is 2. The Morgan fingerprint density at radius 3 is 2.53 bits per heavy atom. The monoisotopic (exact) mass is 299 g/mol. The van der Waals surface area contributed by atoms with Crippen molar-refractivity contribution in [3.8, 4) is 0 Å². The second kappa shape index (κ2) is 5.40. The first kappa shape index (κ1) is 15.2. The van der Waals surface area contributed by atoms with Crippen LogP contribution in [0.15, 0.2) is 18.2 Å². The first-order valence-electron chi connectivity index (χ1n) is 4.63. The fraction of sp³-hybridized carbons (Fsp3) is 0.250. The lowest BCUT2D eigenvalue weighted by molar-refractivity contribution is -0.121. The van der Waals surface area contributed by atoms with E-state index in [1.54, 1.807) is 4.72 Å². The van der Waals surface area contributed by atoms with Crippen molar-refractivity contribution in [1.82, 2.24) is 9.71 Å². The predicted octanol–water partition coefficient (Wildman–Crippen LogP) is 0.588. The van der Waals surface area contributed by atoms with E-state index in [9.17, 15) is 26.4 Å². The maximum Gasteiger partial charge on any atom is 0.402 e. The molecule has 1 heterocycles. The molecule has 1 rings (SSSR count). The van der Waals surface area contributed by atoms with Gasteiger partial charge < -0.3 is 5.11 Å². The molecule has 3 N–H and O–H groups in total. The molecule has 0 bridgehead atoms. The number of carboxylic acid groups (broad SMARTS) is 1. The second-order valence-electron chi connectivity index (χ2n) is 3.26. The van der Waals surface area contributed by atoms with Crippen LogP contribution in [0.3, 0.4) is 0 Å². The molecule has 0 atom stereocenters. The van der Waals surface area contributed by atoms with Gasteiger partial charge in [0, 0.05) is 0 Å². The van der Waals surface area contributed by atoms with Crippen molar-refractivity contribution >= 4 is 22.0 Å². The van der Waals surface area contributed by atoms with Gasteiger partial charge in [-0.15, -0.1) is 0 Å². The summed E-state index contributed by atoms with van der Waals surface area (Å²) in [6.45, 7) is -1.75. The van der Waals surface area contributed by atoms with Crippen molar-refractivity contribution in [3.05, 3.63) is 23.9 Å². The average Bonchev–Trinajstić information content (AvgIpc) is 2.25. The molecule has 0 spiro atoms. The zero-order valence-corrected chi connectivity index (χ0v) is 9.92. The van der Waals surface area contributed by atoms with Gasteiger partial charge >= 0.3 is 22.4 Å². The standard InChI is InChI=1S/C8H8F3N3O4S/c9-8(10,11)4-12-19(17,18)14-6-3-1-2-5(13-6)7(15)16/h1-3,12H,4H2,(H,13,14)(H,15,16). The van der Waals surface area contributed by atoms with Crippen molar-refractivity contribution in [1.29, 1.82) is 0 Å². The lowest BCUT2D eigenvalue weighted by atomic mass is 10.3. The molecule has 0 fully saturated rings. The van der Waals surface area contributed by atoms with E-state index in [4.69, 9.17) is 5.11 Å². The lowest BCUT2D eigenvalue weighted by Gasteiger charge is -2.10. The Bertz CT molecular complexity index is 573. The van der Waals surface area contributed by atoms with Crippen LogP contribution in [0.25, 0.3) is 0 Å². The molecule has 1 aromatic rings. The number of anilines is 1. The number of rotatable bonds is 5. The third kappa shape index (κ3) is 5.52. The fourth-order valence-electron chi connectivity index (χ4n) is 0.961. The van der Waals surface area contributed by atoms with Gasteiger partial charge in [-0.1, -0.05) is 6.07 Å². The number of pyridine rings is 1. The maximum atomic E-state index is 11.8. The average molecular weight is 299 g/mol. The quantitative estimate of drug-likeness (QED) is 0.737. The van der Waals surface area contributed by atoms with Crippen LogP contribution in [0.2, 0.25) is 0 Å². The number of alkyl halides is 3. The van der Waals surface area contributed by atoms with Crippen LogP contribution in [-0.4, -0.2) is 37.2 Å². The van der Waals surface area contributed by atoms with Gasteiger partial charge in [0.1, 0.15) is 12.4 Å². The van der Waals surface area contributed by atoms with Gasteiger partial charge in [0.15, 0.2) is 5.69 Å². The molecule has 11 heteroatoms. The highest BCUT2D eigenvalue weighted by atomic mass is 32.2. The van der Waals surface area contributed by atoms with Crippen LogP contribution in [-0.2, 0) is 10.2 Å². The molecule has 1 aromatic heterocycles. The Morgan fingerprint density at radius 1 is 1.37 bits per heavy atom. The highest BCUT2D eigenvalue weighted by molar-refractivity contribution is 7.90. The zero-order valence-electron chi connectivity index (χ0n) is 9.10. The largest absolute Gasteiger partial charge is 0.477 e. The third-order valence-corrected chi connectivity index (χ3v) is 2.67. The van der Waals surface area contributed by atoms with E-state index in [2.05, 4.69) is 4.98 Å². The number of hydrogen-bond acceptors (Lipinski definition) is 4. The number of nitrogens with zero attached hydrogens (tertiary/aromatic N) is 1. The third-order valence-electron chi connectivity index (χ3n) is 1.67. The molecule has 0 unspecified atom stereocenters. The van der Waals surface area contributed by atoms with Crippen LogP contribution in [0.5, 0.6) is 0 Å². The highest BCUT2D eigenvalue weighted by Crippen LogP contribution is 2.13. The first-order valence-corrected chi connectivity index (χ1v) is 6.12. The zero-order chi connectivity index (χ0) is 14.7. The molecule has 7 nitrogen and oxygen atoms in total. The van der Waals surface area contributed by atoms with Gasteiger partial charge in [0.05, 0.1) is 0 Å². The second-order valence-corrected chi connectivity index (χ2v) is 4.75. The minimum absolute atomic E-state index is 0.408. The van der Waals surface area contributed by atoms with Crippen molar-refractivity contribution in [2.75, 3.05) is 11.3 Å². The summed E-state index contributed by atoms with van der Waals surface area (Å²) >= 11 is 0. The molecule has 0 aromatic carbocycles. The maximum absolute atomic E-state index is 11.8. The molecule has 0 aliphatic rings. The molecule has 0 saturated carbocycles. The van der Waals surface area contributed by atoms with Gasteiger partial charge in [0.2, 0.25) is 0 Å². The Balaban J connectivity index is 2.78. The molecule has 19 heavy (non-hydrogen) atoms. The highest BCUT2D eigenvalue weighted by Gasteiger charge is 2.29. The number of hydrogen-bond donors (Lipinski definition) is 3. The predicted molar refractivity (Wildman–Crippen MR) is 57.8 cm³/mol. The van der Waals surface area contributed by atoms with Crippen molar-refractivity contribution in [2.24, 2.45) is 0 Å². The van der Waals surface area contributed by atoms with E-state index in [0.29, 0.717) is 0 Å². The van der Waals surface area contributed by atoms with Crippen LogP contribution in [0.4, 0.5) is 19.0 Å². The fourth-order valence-corrected chi connectivity index (χ4v) is 1.78. The summed E-state index contributed by atoms with van der Waals surface area (Å²) in [6.07, 6.45) is -4.70. The molecule has 0 amide bonds. The van der Waals surface area contributed by atoms with Crippen LogP contribution in [0.1, 0.15) is 10.5 Å². The lowest BCUT2D eigenvalue weighted by Crippen LogP contribution is -2.37. The van der Waals surface area contributed by atoms with E-state index >= 15 is 0 Å². The van der Waals surface area contributed by atoms with Gasteiger partial charge in [-0.3, -0.25) is 4.72 Å². The summed E-state index contributed by atoms with van der Waals surface area (Å²) < 4.78 is 60.9. The first-order chi connectivity index (χ1) is 8.59. The van der Waals surface area contributed by atoms with Gasteiger partial charge in [-0.2, -0.15) is 26.3 Å². The summed E-state index contributed by atoms with van der Waals surface area (Å²) in [7, 11) is -4.49. The molecule has 106 valence electrons. The van der Waals surface area contributed by atoms with E-state index in [1.807, 2.05) is 0 Å². The topological polar surface area (TPSA) is 108 Å². The van der Waals surface area contributed by atoms with E-state index < -0.39 is 40.4 Å². The minimum Gasteiger partial charge on any atom is -0.477 e. The summed E-state index contributed by atoms with van der Waals surface area (Å²) in [5.41, 5.74) is -0.448. The number of aromatic nitrogens is 1. The van der Waals surface area contributed by atoms with Crippen LogP contribution in [0, 0.1) is 0 Å². The summed E-state index contributed by atoms with van der Waals surface area (Å²) in [5.74, 6) is -1.81. The molecular formula is C8H8F3N3O4S. The molecular weight excluding hydrogens is 291 g/mol. The Labute approximate surface area is 105 Å². The molecule has 0 aliphatic carbocycles. The molecule has 0 aliphatic heterocycles. The van der Waals surface area contributed by atoms with E-state index in [1.165, 1.54) is 10.8 Å². The van der Waals surface area contributed by atoms with Gasteiger partial charge in [0.25, 0.3) is 0 Å². The van der Waals surface area contributed by atoms with E-state index in [-0.39, 0.29) is 0 Å². The Hall–Kier alpha value is -1.88. The minimum atomic E-state index is -4.70. The number of carboxylic acids is 1. The Kier molecular flexibility index (Phi) is 4.32. The summed E-state index contributed by atoms with van der Waals surface area (Å²) in [4.78, 5) is 14.0. The van der Waals surface area contributed by atoms with Crippen LogP contribution >= 0.6 is 0 Å². The SMILES string of the molecule is O=C(O)c1cccc(NS(=O)(=O)NCC(F)(F)F)n1. The number of halogens is 3. The van der Waals surface area contributed by atoms with E-state index in [0.717, 1.165) is 12.1 Å². The normalized spacial score (nSPS) is 12.2. The van der Waals surface area contributed by atoms with Gasteiger partial charge in [-0.05, 0) is 12.1 Å². The number of carbonyl (C=O) groups is 1. The number of aromatic carboxylic acids is 1. The van der Waals surface area contributed by atoms with Crippen molar-refractivity contribution < 1.29 is 31.5 Å². The molecule has 0 saturated heterocycles. The summed E-state index contributed by atoms with van der Waals surface area (Å²) in [6, 6.07) is 3.39. The van der Waals surface area contributed by atoms with Crippen molar-refractivity contribution in [3.63, 3.8) is 0 Å². The Morgan fingerprint density at radius 2 is 2.00 bits per heavy atom. The van der Waals surface area contributed by atoms with Crippen molar-refractivity contribution in [2.45, 2.75) is 6.18 Å². The summed E-state index contributed by atoms with van der Waals surface area (Å²) in [5, 5.41) is 8.61. The molecule has 0 radical (unpaired) electrons. The van der Waals surface area contributed by atoms with Crippen LogP contribution < -0.4 is 9.44 Å². The smallest absolute Gasteiger partial charge is 0.402 e.